The van der Waals surface area contributed by atoms with Gasteiger partial charge in [-0.2, -0.15) is 0 Å². The predicted molar refractivity (Wildman–Crippen MR) is 81.4 cm³/mol. The van der Waals surface area contributed by atoms with E-state index in [1.807, 2.05) is 0 Å². The summed E-state index contributed by atoms with van der Waals surface area (Å²) in [5.74, 6) is 0. The first kappa shape index (κ1) is 13.2. The summed E-state index contributed by atoms with van der Waals surface area (Å²) < 4.78 is 0. The second-order valence-electron chi connectivity index (χ2n) is 7.20. The number of hydrogen-bond acceptors (Lipinski definition) is 1. The number of nitrogens with two attached hydrogens (primary N) is 1. The van der Waals surface area contributed by atoms with E-state index in [1.54, 1.807) is 0 Å². The monoisotopic (exact) mass is 257 g/mol. The van der Waals surface area contributed by atoms with Gasteiger partial charge in [-0.25, -0.2) is 0 Å². The van der Waals surface area contributed by atoms with Crippen LogP contribution in [-0.2, 0) is 5.41 Å². The van der Waals surface area contributed by atoms with Crippen molar-refractivity contribution >= 4 is 0 Å². The van der Waals surface area contributed by atoms with Crippen LogP contribution in [0.15, 0.2) is 18.2 Å². The summed E-state index contributed by atoms with van der Waals surface area (Å²) in [5.41, 5.74) is 11.4. The Morgan fingerprint density at radius 3 is 2.26 bits per heavy atom. The van der Waals surface area contributed by atoms with Crippen molar-refractivity contribution in [2.45, 2.75) is 64.2 Å². The second kappa shape index (κ2) is 4.63. The molecular formula is C18H27N. The molecule has 2 aliphatic carbocycles. The lowest BCUT2D eigenvalue weighted by molar-refractivity contribution is -0.00836. The van der Waals surface area contributed by atoms with Crippen LogP contribution in [-0.4, -0.2) is 6.54 Å². The predicted octanol–water partition coefficient (Wildman–Crippen LogP) is 4.24. The van der Waals surface area contributed by atoms with Crippen LogP contribution in [0.2, 0.25) is 0 Å². The molecule has 0 radical (unpaired) electrons. The molecule has 0 atom stereocenters. The summed E-state index contributed by atoms with van der Waals surface area (Å²) in [6.07, 6.45) is 9.87. The van der Waals surface area contributed by atoms with E-state index in [0.29, 0.717) is 5.41 Å². The minimum absolute atomic E-state index is 0.287. The second-order valence-corrected chi connectivity index (χ2v) is 7.20. The molecule has 0 heterocycles. The average molecular weight is 257 g/mol. The topological polar surface area (TPSA) is 26.0 Å². The van der Waals surface area contributed by atoms with E-state index in [4.69, 9.17) is 5.73 Å². The fourth-order valence-corrected chi connectivity index (χ4v) is 4.58. The first-order chi connectivity index (χ1) is 9.09. The zero-order valence-corrected chi connectivity index (χ0v) is 12.5. The summed E-state index contributed by atoms with van der Waals surface area (Å²) in [7, 11) is 0. The van der Waals surface area contributed by atoms with E-state index in [1.165, 1.54) is 61.6 Å². The molecule has 3 rings (SSSR count). The Bertz CT molecular complexity index is 461. The van der Waals surface area contributed by atoms with Gasteiger partial charge in [-0.3, -0.25) is 0 Å². The molecule has 1 aromatic carbocycles. The zero-order valence-electron chi connectivity index (χ0n) is 12.5. The molecule has 2 saturated carbocycles. The van der Waals surface area contributed by atoms with Crippen molar-refractivity contribution in [1.82, 2.24) is 0 Å². The van der Waals surface area contributed by atoms with Gasteiger partial charge < -0.3 is 5.73 Å². The van der Waals surface area contributed by atoms with Crippen LogP contribution < -0.4 is 5.73 Å². The van der Waals surface area contributed by atoms with Gasteiger partial charge in [-0.1, -0.05) is 37.5 Å². The Morgan fingerprint density at radius 1 is 1.00 bits per heavy atom. The van der Waals surface area contributed by atoms with Crippen molar-refractivity contribution in [1.29, 1.82) is 0 Å². The summed E-state index contributed by atoms with van der Waals surface area (Å²) in [4.78, 5) is 0. The van der Waals surface area contributed by atoms with Gasteiger partial charge in [0.2, 0.25) is 0 Å². The van der Waals surface area contributed by atoms with Gasteiger partial charge in [-0.05, 0) is 61.6 Å². The van der Waals surface area contributed by atoms with Crippen LogP contribution in [0.25, 0.3) is 0 Å². The fourth-order valence-electron chi connectivity index (χ4n) is 4.58. The Morgan fingerprint density at radius 2 is 1.68 bits per heavy atom. The fraction of sp³-hybridized carbons (Fsp3) is 0.667. The van der Waals surface area contributed by atoms with E-state index in [0.717, 1.165) is 6.54 Å². The number of hydrogen-bond donors (Lipinski definition) is 1. The smallest absolute Gasteiger partial charge is 0.00862 e. The SMILES string of the molecule is Cc1ccc(C2(CN)CC3(CCCCC3)C2)cc1C. The largest absolute Gasteiger partial charge is 0.330 e. The third kappa shape index (κ3) is 2.12. The quantitative estimate of drug-likeness (QED) is 0.842. The highest BCUT2D eigenvalue weighted by molar-refractivity contribution is 5.38. The molecule has 0 amide bonds. The summed E-state index contributed by atoms with van der Waals surface area (Å²) in [6, 6.07) is 6.98. The van der Waals surface area contributed by atoms with Crippen molar-refractivity contribution in [2.24, 2.45) is 11.1 Å². The van der Waals surface area contributed by atoms with Crippen molar-refractivity contribution in [3.8, 4) is 0 Å². The molecule has 0 bridgehead atoms. The lowest BCUT2D eigenvalue weighted by Crippen LogP contribution is -2.54. The van der Waals surface area contributed by atoms with Crippen LogP contribution in [0.4, 0.5) is 0 Å². The lowest BCUT2D eigenvalue weighted by Gasteiger charge is -2.58. The van der Waals surface area contributed by atoms with Crippen molar-refractivity contribution in [2.75, 3.05) is 6.54 Å². The third-order valence-electron chi connectivity index (χ3n) is 5.85. The first-order valence-electron chi connectivity index (χ1n) is 7.87. The normalized spacial score (nSPS) is 24.2. The highest BCUT2D eigenvalue weighted by Gasteiger charge is 2.54. The van der Waals surface area contributed by atoms with Crippen molar-refractivity contribution < 1.29 is 0 Å². The third-order valence-corrected chi connectivity index (χ3v) is 5.85. The van der Waals surface area contributed by atoms with Gasteiger partial charge in [-0.15, -0.1) is 0 Å². The molecule has 2 N–H and O–H groups in total. The van der Waals surface area contributed by atoms with E-state index in [9.17, 15) is 0 Å². The van der Waals surface area contributed by atoms with Gasteiger partial charge >= 0.3 is 0 Å². The minimum atomic E-state index is 0.287. The van der Waals surface area contributed by atoms with Crippen molar-refractivity contribution in [3.05, 3.63) is 34.9 Å². The maximum absolute atomic E-state index is 6.18. The highest BCUT2D eigenvalue weighted by Crippen LogP contribution is 2.61. The Labute approximate surface area is 117 Å². The van der Waals surface area contributed by atoms with Crippen molar-refractivity contribution in [3.63, 3.8) is 0 Å². The summed E-state index contributed by atoms with van der Waals surface area (Å²) in [5, 5.41) is 0. The van der Waals surface area contributed by atoms with Crippen LogP contribution in [0.5, 0.6) is 0 Å². The molecule has 0 aliphatic heterocycles. The lowest BCUT2D eigenvalue weighted by atomic mass is 9.46. The van der Waals surface area contributed by atoms with Gasteiger partial charge in [0, 0.05) is 12.0 Å². The number of benzene rings is 1. The zero-order chi connectivity index (χ0) is 13.5. The molecule has 0 unspecified atom stereocenters. The van der Waals surface area contributed by atoms with E-state index in [-0.39, 0.29) is 5.41 Å². The molecule has 0 saturated heterocycles. The highest BCUT2D eigenvalue weighted by atomic mass is 14.7. The summed E-state index contributed by atoms with van der Waals surface area (Å²) in [6.45, 7) is 5.23. The molecule has 0 aromatic heterocycles. The van der Waals surface area contributed by atoms with Crippen LogP contribution in [0, 0.1) is 19.3 Å². The average Bonchev–Trinajstić information content (AvgIpc) is 2.40. The number of aryl methyl sites for hydroxylation is 2. The van der Waals surface area contributed by atoms with E-state index < -0.39 is 0 Å². The van der Waals surface area contributed by atoms with Gasteiger partial charge in [0.1, 0.15) is 0 Å². The number of rotatable bonds is 2. The molecule has 1 nitrogen and oxygen atoms in total. The maximum Gasteiger partial charge on any atom is 0.00862 e. The van der Waals surface area contributed by atoms with Gasteiger partial charge in [0.05, 0.1) is 0 Å². The molecule has 104 valence electrons. The Hall–Kier alpha value is -0.820. The van der Waals surface area contributed by atoms with E-state index >= 15 is 0 Å². The van der Waals surface area contributed by atoms with Gasteiger partial charge in [0.25, 0.3) is 0 Å². The molecular weight excluding hydrogens is 230 g/mol. The molecule has 1 heteroatoms. The maximum atomic E-state index is 6.18. The molecule has 2 aliphatic rings. The van der Waals surface area contributed by atoms with E-state index in [2.05, 4.69) is 32.0 Å². The molecule has 1 aromatic rings. The molecule has 1 spiro atoms. The minimum Gasteiger partial charge on any atom is -0.330 e. The first-order valence-corrected chi connectivity index (χ1v) is 7.87. The van der Waals surface area contributed by atoms with Crippen LogP contribution in [0.1, 0.15) is 61.6 Å². The van der Waals surface area contributed by atoms with Gasteiger partial charge in [0.15, 0.2) is 0 Å². The standard InChI is InChI=1S/C18H27N/c1-14-6-7-16(10-15(14)2)18(13-19)11-17(12-18)8-4-3-5-9-17/h6-7,10H,3-5,8-9,11-13,19H2,1-2H3. The molecule has 2 fully saturated rings. The summed E-state index contributed by atoms with van der Waals surface area (Å²) >= 11 is 0. The molecule has 19 heavy (non-hydrogen) atoms. The Kier molecular flexibility index (Phi) is 3.21. The van der Waals surface area contributed by atoms with Crippen LogP contribution in [0.3, 0.4) is 0 Å². The Balaban J connectivity index is 1.83. The van der Waals surface area contributed by atoms with Crippen LogP contribution >= 0.6 is 0 Å².